The normalized spacial score (nSPS) is 11.1. The van der Waals surface area contributed by atoms with E-state index in [4.69, 9.17) is 0 Å². The maximum Gasteiger partial charge on any atom is 0.166 e. The Balaban J connectivity index is 1.82. The highest BCUT2D eigenvalue weighted by atomic mass is 32.2. The predicted molar refractivity (Wildman–Crippen MR) is 128 cm³/mol. The number of hydrogen-bond donors (Lipinski definition) is 0. The minimum absolute atomic E-state index is 0.0458. The first-order chi connectivity index (χ1) is 14.3. The largest absolute Gasteiger partial charge is 0.166 e. The highest BCUT2D eigenvalue weighted by molar-refractivity contribution is 7.97. The van der Waals surface area contributed by atoms with Crippen LogP contribution in [0.5, 0.6) is 0 Å². The fourth-order valence-electron chi connectivity index (χ4n) is 3.71. The lowest BCUT2D eigenvalue weighted by Gasteiger charge is -2.10. The van der Waals surface area contributed by atoms with Crippen molar-refractivity contribution in [1.82, 2.24) is 0 Å². The van der Waals surface area contributed by atoms with Gasteiger partial charge in [-0.25, -0.2) is 0 Å². The van der Waals surface area contributed by atoms with Crippen molar-refractivity contribution in [2.45, 2.75) is 79.9 Å². The number of benzene rings is 3. The van der Waals surface area contributed by atoms with E-state index >= 15 is 0 Å². The van der Waals surface area contributed by atoms with Crippen molar-refractivity contribution in [2.24, 2.45) is 0 Å². The van der Waals surface area contributed by atoms with E-state index in [1.54, 1.807) is 0 Å². The molecule has 3 rings (SSSR count). The standard InChI is InChI=1S/C28H35S/c1-3-5-8-12-24-16-20-27(21-17-24)29(26-14-10-7-11-15-26)28-22-18-25(19-23-28)13-9-6-4-2/h7,10-11,14-23H,3-6,8-9,12-13H2,1-2H3/q+1. The molecule has 0 unspecified atom stereocenters. The van der Waals surface area contributed by atoms with Crippen molar-refractivity contribution in [3.63, 3.8) is 0 Å². The van der Waals surface area contributed by atoms with Gasteiger partial charge in [0.25, 0.3) is 0 Å². The van der Waals surface area contributed by atoms with Crippen LogP contribution in [-0.4, -0.2) is 0 Å². The predicted octanol–water partition coefficient (Wildman–Crippen LogP) is 8.25. The SMILES string of the molecule is CCCCCc1ccc([S+](c2ccccc2)c2ccc(CCCCC)cc2)cc1. The van der Waals surface area contributed by atoms with E-state index in [1.165, 1.54) is 77.2 Å². The molecule has 0 amide bonds. The van der Waals surface area contributed by atoms with Crippen LogP contribution in [0.1, 0.15) is 63.5 Å². The molecule has 0 aliphatic carbocycles. The molecule has 0 saturated carbocycles. The third kappa shape index (κ3) is 6.51. The minimum Gasteiger partial charge on any atom is -0.0654 e. The molecule has 3 aromatic carbocycles. The van der Waals surface area contributed by atoms with Gasteiger partial charge in [0.2, 0.25) is 0 Å². The lowest BCUT2D eigenvalue weighted by Crippen LogP contribution is -2.05. The summed E-state index contributed by atoms with van der Waals surface area (Å²) < 4.78 is 0. The zero-order valence-corrected chi connectivity index (χ0v) is 18.9. The molecule has 0 heterocycles. The average Bonchev–Trinajstić information content (AvgIpc) is 2.77. The fourth-order valence-corrected chi connectivity index (χ4v) is 5.77. The quantitative estimate of drug-likeness (QED) is 0.223. The van der Waals surface area contributed by atoms with Crippen molar-refractivity contribution in [3.05, 3.63) is 90.0 Å². The summed E-state index contributed by atoms with van der Waals surface area (Å²) in [6, 6.07) is 29.7. The molecule has 0 atom stereocenters. The van der Waals surface area contributed by atoms with Gasteiger partial charge in [-0.3, -0.25) is 0 Å². The van der Waals surface area contributed by atoms with Gasteiger partial charge < -0.3 is 0 Å². The van der Waals surface area contributed by atoms with Gasteiger partial charge in [0.05, 0.1) is 10.9 Å². The summed E-state index contributed by atoms with van der Waals surface area (Å²) in [5, 5.41) is 0. The summed E-state index contributed by atoms with van der Waals surface area (Å²) in [4.78, 5) is 4.22. The molecular formula is C28H35S+. The first kappa shape index (κ1) is 21.7. The summed E-state index contributed by atoms with van der Waals surface area (Å²) >= 11 is 0. The zero-order valence-electron chi connectivity index (χ0n) is 18.1. The van der Waals surface area contributed by atoms with Gasteiger partial charge in [0.1, 0.15) is 0 Å². The minimum atomic E-state index is -0.0458. The number of unbranched alkanes of at least 4 members (excludes halogenated alkanes) is 4. The van der Waals surface area contributed by atoms with Gasteiger partial charge in [-0.15, -0.1) is 0 Å². The van der Waals surface area contributed by atoms with E-state index < -0.39 is 0 Å². The molecule has 29 heavy (non-hydrogen) atoms. The van der Waals surface area contributed by atoms with Crippen molar-refractivity contribution in [3.8, 4) is 0 Å². The van der Waals surface area contributed by atoms with Crippen LogP contribution in [-0.2, 0) is 23.7 Å². The molecule has 0 N–H and O–H groups in total. The lowest BCUT2D eigenvalue weighted by atomic mass is 10.1. The molecule has 0 aromatic heterocycles. The molecule has 0 aliphatic heterocycles. The summed E-state index contributed by atoms with van der Waals surface area (Å²) in [7, 11) is -0.0458. The van der Waals surface area contributed by atoms with Crippen molar-refractivity contribution in [2.75, 3.05) is 0 Å². The first-order valence-electron chi connectivity index (χ1n) is 11.3. The summed E-state index contributed by atoms with van der Waals surface area (Å²) in [5.74, 6) is 0. The van der Waals surface area contributed by atoms with E-state index in [1.807, 2.05) is 0 Å². The Kier molecular flexibility index (Phi) is 8.89. The van der Waals surface area contributed by atoms with Crippen LogP contribution in [0.4, 0.5) is 0 Å². The van der Waals surface area contributed by atoms with Gasteiger partial charge in [0.15, 0.2) is 14.7 Å². The Morgan fingerprint density at radius 2 is 0.897 bits per heavy atom. The highest BCUT2D eigenvalue weighted by Crippen LogP contribution is 2.31. The van der Waals surface area contributed by atoms with Crippen LogP contribution in [0.25, 0.3) is 0 Å². The third-order valence-corrected chi connectivity index (χ3v) is 7.67. The van der Waals surface area contributed by atoms with E-state index in [0.717, 1.165) is 0 Å². The second kappa shape index (κ2) is 11.9. The van der Waals surface area contributed by atoms with Gasteiger partial charge in [-0.2, -0.15) is 0 Å². The van der Waals surface area contributed by atoms with Crippen LogP contribution >= 0.6 is 0 Å². The molecule has 0 spiro atoms. The Labute approximate surface area is 180 Å². The number of hydrogen-bond acceptors (Lipinski definition) is 0. The maximum atomic E-state index is 2.35. The van der Waals surface area contributed by atoms with E-state index in [0.29, 0.717) is 0 Å². The van der Waals surface area contributed by atoms with Gasteiger partial charge >= 0.3 is 0 Å². The molecule has 0 bridgehead atoms. The van der Waals surface area contributed by atoms with Crippen LogP contribution in [0.2, 0.25) is 0 Å². The van der Waals surface area contributed by atoms with Crippen molar-refractivity contribution in [1.29, 1.82) is 0 Å². The zero-order chi connectivity index (χ0) is 20.3. The smallest absolute Gasteiger partial charge is 0.0654 e. The topological polar surface area (TPSA) is 0 Å². The van der Waals surface area contributed by atoms with Crippen LogP contribution < -0.4 is 0 Å². The number of aryl methyl sites for hydroxylation is 2. The van der Waals surface area contributed by atoms with Crippen LogP contribution in [0.3, 0.4) is 0 Å². The Morgan fingerprint density at radius 1 is 0.483 bits per heavy atom. The summed E-state index contributed by atoms with van der Waals surface area (Å²) in [5.41, 5.74) is 2.93. The van der Waals surface area contributed by atoms with E-state index in [2.05, 4.69) is 92.7 Å². The molecule has 1 heteroatoms. The molecular weight excluding hydrogens is 368 g/mol. The maximum absolute atomic E-state index is 2.35. The van der Waals surface area contributed by atoms with E-state index in [-0.39, 0.29) is 10.9 Å². The molecule has 3 aromatic rings. The Morgan fingerprint density at radius 3 is 1.31 bits per heavy atom. The van der Waals surface area contributed by atoms with Gasteiger partial charge in [0, 0.05) is 0 Å². The van der Waals surface area contributed by atoms with E-state index in [9.17, 15) is 0 Å². The second-order valence-corrected chi connectivity index (χ2v) is 9.85. The first-order valence-corrected chi connectivity index (χ1v) is 12.5. The summed E-state index contributed by atoms with van der Waals surface area (Å²) in [6.45, 7) is 4.54. The van der Waals surface area contributed by atoms with Crippen LogP contribution in [0, 0.1) is 0 Å². The van der Waals surface area contributed by atoms with Gasteiger partial charge in [-0.1, -0.05) is 82.0 Å². The lowest BCUT2D eigenvalue weighted by molar-refractivity contribution is 0.717. The molecule has 0 nitrogen and oxygen atoms in total. The third-order valence-electron chi connectivity index (χ3n) is 5.44. The van der Waals surface area contributed by atoms with Crippen LogP contribution in [0.15, 0.2) is 93.5 Å². The van der Waals surface area contributed by atoms with Gasteiger partial charge in [-0.05, 0) is 73.2 Å². The molecule has 0 aliphatic rings. The monoisotopic (exact) mass is 403 g/mol. The molecule has 0 radical (unpaired) electrons. The Hall–Kier alpha value is -1.99. The highest BCUT2D eigenvalue weighted by Gasteiger charge is 2.28. The molecule has 0 fully saturated rings. The molecule has 0 saturated heterocycles. The fraction of sp³-hybridized carbons (Fsp3) is 0.357. The average molecular weight is 404 g/mol. The number of rotatable bonds is 11. The van der Waals surface area contributed by atoms with Crippen molar-refractivity contribution < 1.29 is 0 Å². The second-order valence-electron chi connectivity index (χ2n) is 7.82. The Bertz CT molecular complexity index is 765. The van der Waals surface area contributed by atoms with Crippen molar-refractivity contribution >= 4 is 10.9 Å². The molecule has 152 valence electrons. The summed E-state index contributed by atoms with van der Waals surface area (Å²) in [6.07, 6.45) is 10.2.